The fourth-order valence-electron chi connectivity index (χ4n) is 2.35. The molecule has 1 atom stereocenters. The molecule has 0 aromatic carbocycles. The zero-order valence-electron chi connectivity index (χ0n) is 12.9. The Labute approximate surface area is 121 Å². The molecule has 1 heterocycles. The Bertz CT molecular complexity index is 556. The van der Waals surface area contributed by atoms with E-state index >= 15 is 0 Å². The van der Waals surface area contributed by atoms with Crippen molar-refractivity contribution < 1.29 is 13.2 Å². The number of hydrogen-bond acceptors (Lipinski definition) is 5. The van der Waals surface area contributed by atoms with Crippen LogP contribution in [0.5, 0.6) is 5.75 Å². The second-order valence-electron chi connectivity index (χ2n) is 5.10. The molecule has 1 rings (SSSR count). The molecule has 5 nitrogen and oxygen atoms in total. The Kier molecular flexibility index (Phi) is 5.95. The highest BCUT2D eigenvalue weighted by atomic mass is 32.2. The smallest absolute Gasteiger partial charge is 0.148 e. The molecule has 114 valence electrons. The number of nitrogens with zero attached hydrogens (tertiary/aromatic N) is 1. The van der Waals surface area contributed by atoms with Crippen LogP contribution >= 0.6 is 0 Å². The fraction of sp³-hybridized carbons (Fsp3) is 0.643. The van der Waals surface area contributed by atoms with Crippen LogP contribution in [0.4, 0.5) is 0 Å². The molecule has 0 aliphatic rings. The molecule has 0 aliphatic heterocycles. The monoisotopic (exact) mass is 300 g/mol. The van der Waals surface area contributed by atoms with E-state index in [1.165, 1.54) is 6.26 Å². The van der Waals surface area contributed by atoms with Crippen LogP contribution in [-0.4, -0.2) is 45.1 Å². The Morgan fingerprint density at radius 3 is 2.55 bits per heavy atom. The average Bonchev–Trinajstić information content (AvgIpc) is 2.32. The van der Waals surface area contributed by atoms with Gasteiger partial charge in [-0.05, 0) is 20.4 Å². The van der Waals surface area contributed by atoms with E-state index in [4.69, 9.17) is 4.74 Å². The first-order chi connectivity index (χ1) is 9.28. The van der Waals surface area contributed by atoms with Crippen LogP contribution in [0.15, 0.2) is 6.20 Å². The first-order valence-corrected chi connectivity index (χ1v) is 8.74. The van der Waals surface area contributed by atoms with Crippen molar-refractivity contribution in [3.8, 4) is 5.75 Å². The molecule has 0 spiro atoms. The predicted octanol–water partition coefficient (Wildman–Crippen LogP) is 1.27. The second-order valence-corrected chi connectivity index (χ2v) is 7.28. The van der Waals surface area contributed by atoms with Crippen LogP contribution in [0.3, 0.4) is 0 Å². The third-order valence-corrected chi connectivity index (χ3v) is 4.19. The van der Waals surface area contributed by atoms with Crippen LogP contribution in [0, 0.1) is 13.8 Å². The summed E-state index contributed by atoms with van der Waals surface area (Å²) < 4.78 is 28.3. The summed E-state index contributed by atoms with van der Waals surface area (Å²) in [6, 6.07) is -0.131. The molecule has 1 aromatic rings. The van der Waals surface area contributed by atoms with Crippen LogP contribution in [0.1, 0.15) is 23.7 Å². The summed E-state index contributed by atoms with van der Waals surface area (Å²) in [5.74, 6) is 0.933. The molecule has 0 radical (unpaired) electrons. The predicted molar refractivity (Wildman–Crippen MR) is 81.1 cm³/mol. The molecular formula is C14H24N2O3S. The molecule has 1 aromatic heterocycles. The number of rotatable bonds is 7. The van der Waals surface area contributed by atoms with Gasteiger partial charge in [-0.1, -0.05) is 6.92 Å². The van der Waals surface area contributed by atoms with Crippen molar-refractivity contribution in [1.29, 1.82) is 0 Å². The van der Waals surface area contributed by atoms with Crippen LogP contribution in [0.25, 0.3) is 0 Å². The van der Waals surface area contributed by atoms with Gasteiger partial charge in [-0.2, -0.15) is 0 Å². The number of likely N-dealkylation sites (N-methyl/N-ethyl adjacent to an activating group) is 1. The first kappa shape index (κ1) is 16.9. The third kappa shape index (κ3) is 4.76. The molecule has 0 saturated heterocycles. The maximum Gasteiger partial charge on any atom is 0.148 e. The lowest BCUT2D eigenvalue weighted by Crippen LogP contribution is -2.37. The topological polar surface area (TPSA) is 68.3 Å². The summed E-state index contributed by atoms with van der Waals surface area (Å²) in [6.07, 6.45) is 3.60. The van der Waals surface area contributed by atoms with Gasteiger partial charge in [0.1, 0.15) is 15.6 Å². The Hall–Kier alpha value is -1.14. The Balaban J connectivity index is 2.99. The standard InChI is InChI=1S/C14H24N2O3S/c1-6-15-12(9-20(5,17)18)7-13-11(3)14(19-4)10(2)8-16-13/h8,12,15H,6-7,9H2,1-5H3. The highest BCUT2D eigenvalue weighted by molar-refractivity contribution is 7.90. The molecule has 1 N–H and O–H groups in total. The van der Waals surface area contributed by atoms with E-state index in [2.05, 4.69) is 10.3 Å². The second kappa shape index (κ2) is 7.04. The number of ether oxygens (including phenoxy) is 1. The SMILES string of the molecule is CCNC(Cc1ncc(C)c(OC)c1C)CS(C)(=O)=O. The van der Waals surface area contributed by atoms with Crippen LogP contribution in [-0.2, 0) is 16.3 Å². The van der Waals surface area contributed by atoms with Crippen molar-refractivity contribution in [3.63, 3.8) is 0 Å². The number of aromatic nitrogens is 1. The first-order valence-electron chi connectivity index (χ1n) is 6.68. The summed E-state index contributed by atoms with van der Waals surface area (Å²) in [7, 11) is -1.39. The molecule has 0 amide bonds. The van der Waals surface area contributed by atoms with Gasteiger partial charge in [0.2, 0.25) is 0 Å². The molecule has 20 heavy (non-hydrogen) atoms. The molecule has 0 fully saturated rings. The fourth-order valence-corrected chi connectivity index (χ4v) is 3.32. The maximum absolute atomic E-state index is 11.5. The minimum Gasteiger partial charge on any atom is -0.496 e. The number of methoxy groups -OCH3 is 1. The minimum atomic E-state index is -3.02. The van der Waals surface area contributed by atoms with Gasteiger partial charge in [0.15, 0.2) is 0 Å². The number of sulfone groups is 1. The van der Waals surface area contributed by atoms with Crippen molar-refractivity contribution in [3.05, 3.63) is 23.0 Å². The number of hydrogen-bond donors (Lipinski definition) is 1. The lowest BCUT2D eigenvalue weighted by atomic mass is 10.1. The van der Waals surface area contributed by atoms with Gasteiger partial charge >= 0.3 is 0 Å². The molecule has 6 heteroatoms. The zero-order chi connectivity index (χ0) is 15.3. The van der Waals surface area contributed by atoms with Crippen molar-refractivity contribution in [1.82, 2.24) is 10.3 Å². The van der Waals surface area contributed by atoms with E-state index in [1.54, 1.807) is 13.3 Å². The van der Waals surface area contributed by atoms with Crippen molar-refractivity contribution in [2.24, 2.45) is 0 Å². The molecule has 0 aliphatic carbocycles. The van der Waals surface area contributed by atoms with Gasteiger partial charge in [0, 0.05) is 41.7 Å². The van der Waals surface area contributed by atoms with Crippen LogP contribution < -0.4 is 10.1 Å². The van der Waals surface area contributed by atoms with E-state index in [1.807, 2.05) is 20.8 Å². The van der Waals surface area contributed by atoms with E-state index < -0.39 is 9.84 Å². The van der Waals surface area contributed by atoms with Gasteiger partial charge in [-0.15, -0.1) is 0 Å². The summed E-state index contributed by atoms with van der Waals surface area (Å²) in [6.45, 7) is 6.59. The maximum atomic E-state index is 11.5. The van der Waals surface area contributed by atoms with E-state index in [9.17, 15) is 8.42 Å². The average molecular weight is 300 g/mol. The third-order valence-electron chi connectivity index (χ3n) is 3.19. The van der Waals surface area contributed by atoms with E-state index in [-0.39, 0.29) is 11.8 Å². The molecule has 0 saturated carbocycles. The number of pyridine rings is 1. The molecule has 1 unspecified atom stereocenters. The van der Waals surface area contributed by atoms with Crippen molar-refractivity contribution >= 4 is 9.84 Å². The van der Waals surface area contributed by atoms with Crippen molar-refractivity contribution in [2.45, 2.75) is 33.2 Å². The van der Waals surface area contributed by atoms with E-state index in [0.29, 0.717) is 6.42 Å². The zero-order valence-corrected chi connectivity index (χ0v) is 13.7. The van der Waals surface area contributed by atoms with Gasteiger partial charge in [0.05, 0.1) is 12.9 Å². The summed E-state index contributed by atoms with van der Waals surface area (Å²) in [5.41, 5.74) is 2.84. The highest BCUT2D eigenvalue weighted by Gasteiger charge is 2.18. The lowest BCUT2D eigenvalue weighted by Gasteiger charge is -2.19. The lowest BCUT2D eigenvalue weighted by molar-refractivity contribution is 0.406. The molecule has 0 bridgehead atoms. The van der Waals surface area contributed by atoms with Gasteiger partial charge in [-0.3, -0.25) is 4.98 Å². The highest BCUT2D eigenvalue weighted by Crippen LogP contribution is 2.24. The number of aryl methyl sites for hydroxylation is 1. The van der Waals surface area contributed by atoms with E-state index in [0.717, 1.165) is 29.1 Å². The molecular weight excluding hydrogens is 276 g/mol. The van der Waals surface area contributed by atoms with Gasteiger partial charge in [-0.25, -0.2) is 8.42 Å². The summed E-state index contributed by atoms with van der Waals surface area (Å²) in [4.78, 5) is 4.42. The minimum absolute atomic E-state index is 0.109. The summed E-state index contributed by atoms with van der Waals surface area (Å²) >= 11 is 0. The van der Waals surface area contributed by atoms with Gasteiger partial charge < -0.3 is 10.1 Å². The Morgan fingerprint density at radius 2 is 2.05 bits per heavy atom. The Morgan fingerprint density at radius 1 is 1.40 bits per heavy atom. The van der Waals surface area contributed by atoms with Crippen molar-refractivity contribution in [2.75, 3.05) is 25.7 Å². The quantitative estimate of drug-likeness (QED) is 0.821. The van der Waals surface area contributed by atoms with Crippen LogP contribution in [0.2, 0.25) is 0 Å². The normalized spacial score (nSPS) is 13.2. The summed E-state index contributed by atoms with van der Waals surface area (Å²) in [5, 5.41) is 3.21. The van der Waals surface area contributed by atoms with Gasteiger partial charge in [0.25, 0.3) is 0 Å². The largest absolute Gasteiger partial charge is 0.496 e. The number of nitrogens with one attached hydrogen (secondary N) is 1.